The van der Waals surface area contributed by atoms with Crippen molar-refractivity contribution in [1.29, 1.82) is 0 Å². The van der Waals surface area contributed by atoms with Crippen LogP contribution in [0.4, 0.5) is 5.69 Å². The van der Waals surface area contributed by atoms with E-state index >= 15 is 0 Å². The van der Waals surface area contributed by atoms with Crippen molar-refractivity contribution in [2.75, 3.05) is 5.32 Å². The fraction of sp³-hybridized carbons (Fsp3) is 0.190. The van der Waals surface area contributed by atoms with Crippen LogP contribution < -0.4 is 10.1 Å². The lowest BCUT2D eigenvalue weighted by molar-refractivity contribution is 0.0992. The Morgan fingerprint density at radius 1 is 1.08 bits per heavy atom. The molecule has 1 N–H and O–H groups in total. The molecule has 0 saturated heterocycles. The maximum Gasteiger partial charge on any atom is 0.291 e. The average molecular weight is 370 g/mol. The second-order valence-electron chi connectivity index (χ2n) is 5.88. The van der Waals surface area contributed by atoms with Gasteiger partial charge in [0.15, 0.2) is 5.76 Å². The highest BCUT2D eigenvalue weighted by molar-refractivity contribution is 6.33. The number of anilines is 1. The lowest BCUT2D eigenvalue weighted by Crippen LogP contribution is -2.11. The summed E-state index contributed by atoms with van der Waals surface area (Å²) in [6, 6.07) is 18.4. The third-order valence-electron chi connectivity index (χ3n) is 3.85. The van der Waals surface area contributed by atoms with E-state index in [2.05, 4.69) is 24.4 Å². The molecule has 0 aliphatic carbocycles. The van der Waals surface area contributed by atoms with Crippen molar-refractivity contribution in [3.05, 3.63) is 82.8 Å². The molecule has 0 saturated carbocycles. The van der Waals surface area contributed by atoms with E-state index in [-0.39, 0.29) is 18.3 Å². The van der Waals surface area contributed by atoms with E-state index in [1.165, 1.54) is 5.56 Å². The molecule has 0 fully saturated rings. The summed E-state index contributed by atoms with van der Waals surface area (Å²) in [7, 11) is 0. The molecule has 3 aromatic rings. The number of halogens is 1. The smallest absolute Gasteiger partial charge is 0.291 e. The maximum atomic E-state index is 12.2. The first kappa shape index (κ1) is 18.1. The molecular weight excluding hydrogens is 350 g/mol. The minimum Gasteiger partial charge on any atom is -0.486 e. The molecule has 0 aliphatic heterocycles. The van der Waals surface area contributed by atoms with Gasteiger partial charge in [-0.3, -0.25) is 4.79 Å². The van der Waals surface area contributed by atoms with Crippen LogP contribution in [0, 0.1) is 0 Å². The van der Waals surface area contributed by atoms with Crippen LogP contribution in [0.15, 0.2) is 65.1 Å². The predicted molar refractivity (Wildman–Crippen MR) is 103 cm³/mol. The number of amides is 1. The van der Waals surface area contributed by atoms with E-state index in [9.17, 15) is 4.79 Å². The van der Waals surface area contributed by atoms with Crippen LogP contribution >= 0.6 is 11.6 Å². The van der Waals surface area contributed by atoms with Gasteiger partial charge in [0.05, 0.1) is 10.7 Å². The van der Waals surface area contributed by atoms with Gasteiger partial charge >= 0.3 is 0 Å². The zero-order valence-corrected chi connectivity index (χ0v) is 15.3. The summed E-state index contributed by atoms with van der Waals surface area (Å²) in [5, 5.41) is 3.20. The Hall–Kier alpha value is -2.72. The Kier molecular flexibility index (Phi) is 5.97. The van der Waals surface area contributed by atoms with Crippen molar-refractivity contribution in [1.82, 2.24) is 0 Å². The molecule has 3 rings (SSSR count). The lowest BCUT2D eigenvalue weighted by Gasteiger charge is -2.06. The van der Waals surface area contributed by atoms with E-state index in [1.54, 1.807) is 36.4 Å². The van der Waals surface area contributed by atoms with Crippen LogP contribution in [-0.4, -0.2) is 5.91 Å². The van der Waals surface area contributed by atoms with E-state index < -0.39 is 0 Å². The zero-order valence-electron chi connectivity index (χ0n) is 14.5. The summed E-state index contributed by atoms with van der Waals surface area (Å²) in [5.41, 5.74) is 1.83. The van der Waals surface area contributed by atoms with Crippen molar-refractivity contribution >= 4 is 23.2 Å². The number of carbonyl (C=O) groups excluding carboxylic acids is 1. The molecule has 4 nitrogen and oxygen atoms in total. The highest BCUT2D eigenvalue weighted by Gasteiger charge is 2.13. The molecule has 0 spiro atoms. The summed E-state index contributed by atoms with van der Waals surface area (Å²) >= 11 is 6.04. The number of ether oxygens (including phenoxy) is 1. The number of benzene rings is 2. The summed E-state index contributed by atoms with van der Waals surface area (Å²) in [6.45, 7) is 2.41. The number of carbonyl (C=O) groups is 1. The van der Waals surface area contributed by atoms with Gasteiger partial charge in [-0.15, -0.1) is 0 Å². The number of hydrogen-bond acceptors (Lipinski definition) is 3. The predicted octanol–water partition coefficient (Wildman–Crippen LogP) is 5.72. The molecule has 1 amide bonds. The normalized spacial score (nSPS) is 10.5. The van der Waals surface area contributed by atoms with Gasteiger partial charge in [0.1, 0.15) is 18.1 Å². The molecule has 26 heavy (non-hydrogen) atoms. The van der Waals surface area contributed by atoms with E-state index in [1.807, 2.05) is 12.1 Å². The third kappa shape index (κ3) is 4.67. The van der Waals surface area contributed by atoms with E-state index in [0.717, 1.165) is 18.6 Å². The van der Waals surface area contributed by atoms with Crippen LogP contribution in [0.5, 0.6) is 5.75 Å². The highest BCUT2D eigenvalue weighted by atomic mass is 35.5. The van der Waals surface area contributed by atoms with E-state index in [0.29, 0.717) is 16.5 Å². The molecular formula is C21H20ClNO3. The largest absolute Gasteiger partial charge is 0.486 e. The number of rotatable bonds is 7. The second kappa shape index (κ2) is 8.59. The van der Waals surface area contributed by atoms with Gasteiger partial charge in [0.2, 0.25) is 0 Å². The number of para-hydroxylation sites is 1. The zero-order chi connectivity index (χ0) is 18.4. The Labute approximate surface area is 157 Å². The summed E-state index contributed by atoms with van der Waals surface area (Å²) in [4.78, 5) is 12.2. The van der Waals surface area contributed by atoms with Crippen LogP contribution in [0.1, 0.15) is 35.2 Å². The van der Waals surface area contributed by atoms with Crippen LogP contribution in [-0.2, 0) is 13.0 Å². The van der Waals surface area contributed by atoms with E-state index in [4.69, 9.17) is 20.8 Å². The van der Waals surface area contributed by atoms with Crippen molar-refractivity contribution in [3.63, 3.8) is 0 Å². The van der Waals surface area contributed by atoms with Crippen LogP contribution in [0.3, 0.4) is 0 Å². The molecule has 0 unspecified atom stereocenters. The standard InChI is InChI=1S/C21H20ClNO3/c1-2-5-15-8-10-16(11-9-15)25-14-17-12-13-20(26-17)21(24)23-19-7-4-3-6-18(19)22/h3-4,6-13H,2,5,14H2,1H3,(H,23,24). The Morgan fingerprint density at radius 3 is 2.58 bits per heavy atom. The lowest BCUT2D eigenvalue weighted by atomic mass is 10.1. The van der Waals surface area contributed by atoms with Crippen molar-refractivity contribution in [2.45, 2.75) is 26.4 Å². The summed E-state index contributed by atoms with van der Waals surface area (Å²) < 4.78 is 11.3. The van der Waals surface area contributed by atoms with Crippen molar-refractivity contribution in [3.8, 4) is 5.75 Å². The summed E-state index contributed by atoms with van der Waals surface area (Å²) in [6.07, 6.45) is 2.17. The second-order valence-corrected chi connectivity index (χ2v) is 6.29. The van der Waals surface area contributed by atoms with Crippen molar-refractivity contribution < 1.29 is 13.9 Å². The Balaban J connectivity index is 1.57. The fourth-order valence-electron chi connectivity index (χ4n) is 2.52. The highest BCUT2D eigenvalue weighted by Crippen LogP contribution is 2.22. The van der Waals surface area contributed by atoms with Gasteiger partial charge in [-0.1, -0.05) is 49.2 Å². The minimum absolute atomic E-state index is 0.210. The molecule has 0 aliphatic rings. The number of aryl methyl sites for hydroxylation is 1. The maximum absolute atomic E-state index is 12.2. The Morgan fingerprint density at radius 2 is 1.85 bits per heavy atom. The quantitative estimate of drug-likeness (QED) is 0.579. The van der Waals surface area contributed by atoms with Gasteiger partial charge < -0.3 is 14.5 Å². The molecule has 134 valence electrons. The first-order chi connectivity index (χ1) is 12.7. The fourth-order valence-corrected chi connectivity index (χ4v) is 2.70. The molecule has 5 heteroatoms. The molecule has 1 aromatic heterocycles. The molecule has 0 radical (unpaired) electrons. The monoisotopic (exact) mass is 369 g/mol. The molecule has 0 bridgehead atoms. The third-order valence-corrected chi connectivity index (χ3v) is 4.18. The SMILES string of the molecule is CCCc1ccc(OCc2ccc(C(=O)Nc3ccccc3Cl)o2)cc1. The van der Waals surface area contributed by atoms with Crippen LogP contribution in [0.25, 0.3) is 0 Å². The summed E-state index contributed by atoms with van der Waals surface area (Å²) in [5.74, 6) is 1.20. The minimum atomic E-state index is -0.353. The van der Waals surface area contributed by atoms with Gasteiger partial charge in [-0.25, -0.2) is 0 Å². The van der Waals surface area contributed by atoms with Gasteiger partial charge in [0.25, 0.3) is 5.91 Å². The molecule has 2 aromatic carbocycles. The van der Waals surface area contributed by atoms with Gasteiger partial charge in [-0.2, -0.15) is 0 Å². The molecule has 1 heterocycles. The van der Waals surface area contributed by atoms with Gasteiger partial charge in [-0.05, 0) is 48.4 Å². The number of furan rings is 1. The average Bonchev–Trinajstić information content (AvgIpc) is 3.12. The first-order valence-electron chi connectivity index (χ1n) is 8.52. The topological polar surface area (TPSA) is 51.5 Å². The van der Waals surface area contributed by atoms with Crippen LogP contribution in [0.2, 0.25) is 5.02 Å². The van der Waals surface area contributed by atoms with Gasteiger partial charge in [0, 0.05) is 0 Å². The van der Waals surface area contributed by atoms with Crippen molar-refractivity contribution in [2.24, 2.45) is 0 Å². The first-order valence-corrected chi connectivity index (χ1v) is 8.90. The molecule has 0 atom stereocenters. The number of hydrogen-bond donors (Lipinski definition) is 1. The number of nitrogens with one attached hydrogen (secondary N) is 1. The Bertz CT molecular complexity index is 871.